The number of aryl methyl sites for hydroxylation is 1. The Morgan fingerprint density at radius 3 is 2.51 bits per heavy atom. The molecule has 5 N–H and O–H groups in total. The molecule has 3 aliphatic heterocycles. The van der Waals surface area contributed by atoms with Crippen LogP contribution in [-0.4, -0.2) is 129 Å². The average molecular weight is 689 g/mol. The van der Waals surface area contributed by atoms with Crippen LogP contribution in [0.25, 0.3) is 0 Å². The van der Waals surface area contributed by atoms with Crippen molar-refractivity contribution in [3.63, 3.8) is 0 Å². The van der Waals surface area contributed by atoms with Crippen LogP contribution in [0, 0.1) is 0 Å². The number of aromatic nitrogens is 4. The van der Waals surface area contributed by atoms with Gasteiger partial charge in [-0.1, -0.05) is 23.9 Å². The molecule has 7 amide bonds. The number of nitrogens with zero attached hydrogens (tertiary/aromatic N) is 7. The highest BCUT2D eigenvalue weighted by molar-refractivity contribution is 8.01. The second-order valence-corrected chi connectivity index (χ2v) is 12.4. The molecule has 1 aromatic heterocycles. The van der Waals surface area contributed by atoms with Crippen molar-refractivity contribution >= 4 is 65.6 Å². The van der Waals surface area contributed by atoms with Gasteiger partial charge in [-0.25, -0.2) is 14.3 Å². The van der Waals surface area contributed by atoms with Gasteiger partial charge in [-0.05, 0) is 40.6 Å². The highest BCUT2D eigenvalue weighted by Crippen LogP contribution is 2.46. The first-order valence-electron chi connectivity index (χ1n) is 13.9. The first kappa shape index (κ1) is 33.2. The van der Waals surface area contributed by atoms with Crippen molar-refractivity contribution in [1.82, 2.24) is 50.9 Å². The summed E-state index contributed by atoms with van der Waals surface area (Å²) in [6.07, 6.45) is 0.179. The quantitative estimate of drug-likeness (QED) is 0.0561. The number of carbonyl (C=O) groups excluding carboxylic acids is 6. The second kappa shape index (κ2) is 13.3. The van der Waals surface area contributed by atoms with Crippen molar-refractivity contribution < 1.29 is 43.8 Å². The lowest BCUT2D eigenvalue weighted by Crippen LogP contribution is -2.85. The van der Waals surface area contributed by atoms with Gasteiger partial charge in [0.1, 0.15) is 22.9 Å². The average Bonchev–Trinajstić information content (AvgIpc) is 3.47. The third-order valence-electron chi connectivity index (χ3n) is 7.61. The molecule has 4 heterocycles. The van der Waals surface area contributed by atoms with Gasteiger partial charge in [0.25, 0.3) is 5.91 Å². The van der Waals surface area contributed by atoms with Crippen LogP contribution in [-0.2, 0) is 35.8 Å². The number of benzene rings is 1. The lowest BCUT2D eigenvalue weighted by Gasteiger charge is -2.56. The smallest absolute Gasteiger partial charge is 0.352 e. The summed E-state index contributed by atoms with van der Waals surface area (Å²) in [5.74, 6) is -5.30. The van der Waals surface area contributed by atoms with E-state index in [0.717, 1.165) is 28.4 Å². The number of aromatic hydroxyl groups is 1. The van der Waals surface area contributed by atoms with Crippen LogP contribution in [0.5, 0.6) is 5.75 Å². The number of phenols is 1. The normalized spacial score (nSPS) is 21.5. The molecular weight excluding hydrogens is 660 g/mol. The summed E-state index contributed by atoms with van der Waals surface area (Å²) >= 11 is 2.24. The minimum Gasteiger partial charge on any atom is -0.508 e. The number of hydrogen-bond donors (Lipinski definition) is 5. The molecule has 2 fully saturated rings. The minimum atomic E-state index is -2.12. The number of β-lactam (4-membered cyclic amide) rings is 1. The zero-order valence-electron chi connectivity index (χ0n) is 24.8. The van der Waals surface area contributed by atoms with Gasteiger partial charge in [0.15, 0.2) is 0 Å². The van der Waals surface area contributed by atoms with Gasteiger partial charge < -0.3 is 31.1 Å². The summed E-state index contributed by atoms with van der Waals surface area (Å²) in [6.45, 7) is 1.87. The predicted molar refractivity (Wildman–Crippen MR) is 161 cm³/mol. The Labute approximate surface area is 274 Å². The fourth-order valence-corrected chi connectivity index (χ4v) is 7.62. The number of carboxylic acids is 1. The van der Waals surface area contributed by atoms with Crippen molar-refractivity contribution in [1.29, 1.82) is 0 Å². The molecule has 1 aromatic carbocycles. The number of tetrazole rings is 1. The molecule has 19 nitrogen and oxygen atoms in total. The Hall–Kier alpha value is -5.18. The number of nitrogens with one attached hydrogen (secondary N) is 3. The van der Waals surface area contributed by atoms with Gasteiger partial charge in [-0.2, -0.15) is 0 Å². The van der Waals surface area contributed by atoms with E-state index in [2.05, 4.69) is 31.5 Å². The molecule has 0 bridgehead atoms. The molecule has 0 aliphatic carbocycles. The lowest BCUT2D eigenvalue weighted by atomic mass is 9.94. The zero-order chi connectivity index (χ0) is 34.0. The van der Waals surface area contributed by atoms with Crippen LogP contribution >= 0.6 is 23.5 Å². The standard InChI is InChI=1S/C26H28N10O9S2/c1-3-34-8-9-35(20(41)19(34)40)24(45)28-16(13-4-6-15(38)7-5-13)18(39)29-26(27-12-37)22(44)36-17(21(42)43)14(10-46-23(26)36)11-47-25-30-31-32-33(25)2/h4-7,12,16,23,38H,3,8-11H2,1-2H3,(H,27,37)(H,28,45)(H,29,39)(H,42,43)/t16?,23-,26+/m0/s1. The van der Waals surface area contributed by atoms with Gasteiger partial charge in [0.05, 0.1) is 0 Å². The molecule has 5 rings (SSSR count). The van der Waals surface area contributed by atoms with E-state index < -0.39 is 52.7 Å². The van der Waals surface area contributed by atoms with Crippen LogP contribution in [0.2, 0.25) is 0 Å². The van der Waals surface area contributed by atoms with Crippen LogP contribution in [0.1, 0.15) is 18.5 Å². The highest BCUT2D eigenvalue weighted by Gasteiger charge is 2.66. The van der Waals surface area contributed by atoms with Crippen LogP contribution in [0.3, 0.4) is 0 Å². The van der Waals surface area contributed by atoms with E-state index in [1.165, 1.54) is 33.8 Å². The highest BCUT2D eigenvalue weighted by atomic mass is 32.2. The molecule has 248 valence electrons. The second-order valence-electron chi connectivity index (χ2n) is 10.3. The summed E-state index contributed by atoms with van der Waals surface area (Å²) in [5.41, 5.74) is -1.95. The van der Waals surface area contributed by atoms with Crippen molar-refractivity contribution in [3.8, 4) is 5.75 Å². The van der Waals surface area contributed by atoms with Gasteiger partial charge in [-0.3, -0.25) is 33.8 Å². The first-order chi connectivity index (χ1) is 22.4. The predicted octanol–water partition coefficient (Wildman–Crippen LogP) is -2.04. The summed E-state index contributed by atoms with van der Waals surface area (Å²) in [5, 5.41) is 37.5. The number of carboxylic acid groups (broad SMARTS) is 1. The molecule has 21 heteroatoms. The van der Waals surface area contributed by atoms with Crippen molar-refractivity contribution in [3.05, 3.63) is 41.1 Å². The maximum atomic E-state index is 13.9. The summed E-state index contributed by atoms with van der Waals surface area (Å²) in [7, 11) is 1.61. The van der Waals surface area contributed by atoms with E-state index in [1.54, 1.807) is 14.0 Å². The number of aliphatic carboxylic acids is 1. The molecular formula is C26H28N10O9S2. The third-order valence-corrected chi connectivity index (χ3v) is 10.1. The molecule has 47 heavy (non-hydrogen) atoms. The van der Waals surface area contributed by atoms with Gasteiger partial charge >= 0.3 is 23.8 Å². The molecule has 2 saturated heterocycles. The van der Waals surface area contributed by atoms with Crippen molar-refractivity contribution in [2.24, 2.45) is 7.05 Å². The van der Waals surface area contributed by atoms with E-state index in [4.69, 9.17) is 0 Å². The number of phenolic OH excluding ortho intramolecular Hbond substituents is 1. The summed E-state index contributed by atoms with van der Waals surface area (Å²) < 4.78 is 1.40. The topological polar surface area (TPSA) is 249 Å². The molecule has 1 unspecified atom stereocenters. The number of thioether (sulfide) groups is 2. The Morgan fingerprint density at radius 1 is 1.17 bits per heavy atom. The van der Waals surface area contributed by atoms with E-state index in [1.807, 2.05) is 0 Å². The lowest BCUT2D eigenvalue weighted by molar-refractivity contribution is -0.163. The van der Waals surface area contributed by atoms with E-state index in [0.29, 0.717) is 15.6 Å². The maximum Gasteiger partial charge on any atom is 0.352 e. The monoisotopic (exact) mass is 688 g/mol. The summed E-state index contributed by atoms with van der Waals surface area (Å²) in [4.78, 5) is 92.9. The Balaban J connectivity index is 1.40. The van der Waals surface area contributed by atoms with Crippen molar-refractivity contribution in [2.45, 2.75) is 29.2 Å². The Bertz CT molecular complexity index is 1680. The van der Waals surface area contributed by atoms with E-state index in [9.17, 15) is 43.8 Å². The Morgan fingerprint density at radius 2 is 1.89 bits per heavy atom. The number of carbonyl (C=O) groups is 7. The van der Waals surface area contributed by atoms with Gasteiger partial charge in [0.2, 0.25) is 23.1 Å². The minimum absolute atomic E-state index is 0.0789. The van der Waals surface area contributed by atoms with Gasteiger partial charge in [-0.15, -0.1) is 16.9 Å². The van der Waals surface area contributed by atoms with Crippen LogP contribution in [0.15, 0.2) is 40.7 Å². The Kier molecular flexibility index (Phi) is 9.38. The number of fused-ring (bicyclic) bond motifs is 1. The number of likely N-dealkylation sites (N-methyl/N-ethyl adjacent to an activating group) is 1. The number of piperazine rings is 1. The van der Waals surface area contributed by atoms with Crippen LogP contribution in [0.4, 0.5) is 4.79 Å². The molecule has 3 aliphatic rings. The number of urea groups is 1. The fourth-order valence-electron chi connectivity index (χ4n) is 5.21. The summed E-state index contributed by atoms with van der Waals surface area (Å²) in [6, 6.07) is 2.43. The van der Waals surface area contributed by atoms with E-state index >= 15 is 0 Å². The van der Waals surface area contributed by atoms with Crippen LogP contribution < -0.4 is 16.0 Å². The molecule has 0 radical (unpaired) electrons. The fraction of sp³-hybridized carbons (Fsp3) is 0.385. The number of rotatable bonds is 11. The first-order valence-corrected chi connectivity index (χ1v) is 16.0. The van der Waals surface area contributed by atoms with Gasteiger partial charge in [0, 0.05) is 38.2 Å². The molecule has 0 spiro atoms. The van der Waals surface area contributed by atoms with Crippen molar-refractivity contribution in [2.75, 3.05) is 31.1 Å². The molecule has 0 saturated carbocycles. The largest absolute Gasteiger partial charge is 0.508 e. The number of imide groups is 1. The number of amides is 7. The molecule has 3 atom stereocenters. The maximum absolute atomic E-state index is 13.9. The SMILES string of the molecule is CCN1CCN(C(=O)NC(C(=O)N[C@]2(NC=O)C(=O)N3C(C(=O)O)=C(CSc4nnnn4C)CS[C@H]32)c2ccc(O)cc2)C(=O)C1=O. The number of hydrogen-bond acceptors (Lipinski definition) is 13. The third kappa shape index (κ3) is 6.05. The van der Waals surface area contributed by atoms with E-state index in [-0.39, 0.29) is 54.6 Å². The molecule has 2 aromatic rings. The zero-order valence-corrected chi connectivity index (χ0v) is 26.4.